The van der Waals surface area contributed by atoms with E-state index in [0.717, 1.165) is 5.76 Å². The number of halogens is 2. The first kappa shape index (κ1) is 13.3. The van der Waals surface area contributed by atoms with Gasteiger partial charge in [-0.15, -0.1) is 11.6 Å². The van der Waals surface area contributed by atoms with E-state index in [9.17, 15) is 0 Å². The molecule has 2 aromatic rings. The second-order valence-electron chi connectivity index (χ2n) is 3.24. The highest BCUT2D eigenvalue weighted by Crippen LogP contribution is 2.19. The molecule has 1 unspecified atom stereocenters. The highest BCUT2D eigenvalue weighted by Gasteiger charge is 1.95. The highest BCUT2D eigenvalue weighted by molar-refractivity contribution is 9.09. The van der Waals surface area contributed by atoms with Gasteiger partial charge in [-0.25, -0.2) is 0 Å². The van der Waals surface area contributed by atoms with E-state index in [1.54, 1.807) is 6.26 Å². The van der Waals surface area contributed by atoms with Crippen LogP contribution < -0.4 is 0 Å². The fourth-order valence-corrected chi connectivity index (χ4v) is 1.56. The lowest BCUT2D eigenvalue weighted by Crippen LogP contribution is -1.79. The van der Waals surface area contributed by atoms with Crippen molar-refractivity contribution in [2.45, 2.75) is 17.6 Å². The summed E-state index contributed by atoms with van der Waals surface area (Å²) in [7, 11) is 0. The maximum atomic E-state index is 5.37. The van der Waals surface area contributed by atoms with Crippen molar-refractivity contribution < 1.29 is 4.42 Å². The average molecular weight is 302 g/mol. The molecule has 1 aromatic heterocycles. The Morgan fingerprint density at radius 2 is 1.88 bits per heavy atom. The third-order valence-corrected chi connectivity index (χ3v) is 2.76. The Bertz CT molecular complexity index is 370. The monoisotopic (exact) mass is 300 g/mol. The molecule has 1 aromatic carbocycles. The first-order chi connectivity index (χ1) is 7.74. The predicted octanol–water partition coefficient (Wildman–Crippen LogP) is 5.16. The van der Waals surface area contributed by atoms with Crippen LogP contribution in [-0.4, -0.2) is 0 Å². The van der Waals surface area contributed by atoms with E-state index in [0.29, 0.717) is 10.7 Å². The molecule has 2 rings (SSSR count). The van der Waals surface area contributed by atoms with Gasteiger partial charge < -0.3 is 4.42 Å². The molecular formula is C13H14BrClO. The SMILES string of the molecule is CC(Br)c1ccccc1.ClCc1ccco1. The number of furan rings is 1. The van der Waals surface area contributed by atoms with Gasteiger partial charge in [0.2, 0.25) is 0 Å². The van der Waals surface area contributed by atoms with Crippen molar-refractivity contribution in [3.8, 4) is 0 Å². The van der Waals surface area contributed by atoms with E-state index in [1.165, 1.54) is 5.56 Å². The second-order valence-corrected chi connectivity index (χ2v) is 4.88. The van der Waals surface area contributed by atoms with Crippen molar-refractivity contribution >= 4 is 27.5 Å². The predicted molar refractivity (Wildman–Crippen MR) is 72.0 cm³/mol. The molecule has 0 N–H and O–H groups in total. The lowest BCUT2D eigenvalue weighted by Gasteiger charge is -1.99. The Morgan fingerprint density at radius 1 is 1.19 bits per heavy atom. The summed E-state index contributed by atoms with van der Waals surface area (Å²) in [4.78, 5) is 0.471. The lowest BCUT2D eigenvalue weighted by atomic mass is 10.2. The van der Waals surface area contributed by atoms with Crippen LogP contribution in [0.25, 0.3) is 0 Å². The van der Waals surface area contributed by atoms with Crippen molar-refractivity contribution in [2.24, 2.45) is 0 Å². The molecule has 3 heteroatoms. The Hall–Kier alpha value is -0.730. The van der Waals surface area contributed by atoms with E-state index >= 15 is 0 Å². The molecule has 16 heavy (non-hydrogen) atoms. The molecule has 0 bridgehead atoms. The zero-order chi connectivity index (χ0) is 11.8. The summed E-state index contributed by atoms with van der Waals surface area (Å²) >= 11 is 8.86. The summed E-state index contributed by atoms with van der Waals surface area (Å²) in [6.07, 6.45) is 1.61. The van der Waals surface area contributed by atoms with Crippen LogP contribution in [0.1, 0.15) is 23.1 Å². The molecule has 0 aliphatic heterocycles. The van der Waals surface area contributed by atoms with Gasteiger partial charge in [-0.1, -0.05) is 46.3 Å². The van der Waals surface area contributed by atoms with E-state index in [-0.39, 0.29) is 0 Å². The van der Waals surface area contributed by atoms with Gasteiger partial charge in [0.1, 0.15) is 5.76 Å². The van der Waals surface area contributed by atoms with E-state index in [1.807, 2.05) is 30.3 Å². The maximum Gasteiger partial charge on any atom is 0.118 e. The van der Waals surface area contributed by atoms with Crippen molar-refractivity contribution in [1.29, 1.82) is 0 Å². The Labute approximate surface area is 110 Å². The van der Waals surface area contributed by atoms with Crippen molar-refractivity contribution in [3.63, 3.8) is 0 Å². The maximum absolute atomic E-state index is 5.37. The molecule has 0 spiro atoms. The van der Waals surface area contributed by atoms with E-state index in [2.05, 4.69) is 35.0 Å². The minimum atomic E-state index is 0.465. The summed E-state index contributed by atoms with van der Waals surface area (Å²) in [6.45, 7) is 2.12. The number of rotatable bonds is 2. The third-order valence-electron chi connectivity index (χ3n) is 1.97. The molecule has 0 fully saturated rings. The molecule has 0 aliphatic carbocycles. The van der Waals surface area contributed by atoms with Crippen molar-refractivity contribution in [2.75, 3.05) is 0 Å². The van der Waals surface area contributed by atoms with Crippen molar-refractivity contribution in [3.05, 3.63) is 60.1 Å². The lowest BCUT2D eigenvalue weighted by molar-refractivity contribution is 0.529. The van der Waals surface area contributed by atoms with Crippen LogP contribution in [0.2, 0.25) is 0 Å². The van der Waals surface area contributed by atoms with Gasteiger partial charge in [0, 0.05) is 4.83 Å². The van der Waals surface area contributed by atoms with Crippen LogP contribution in [0.3, 0.4) is 0 Å². The minimum Gasteiger partial charge on any atom is -0.468 e. The number of hydrogen-bond donors (Lipinski definition) is 0. The standard InChI is InChI=1S/C8H9Br.C5H5ClO/c1-7(9)8-5-3-2-4-6-8;6-4-5-2-1-3-7-5/h2-7H,1H3;1-3H,4H2. The fraction of sp³-hybridized carbons (Fsp3) is 0.231. The smallest absolute Gasteiger partial charge is 0.118 e. The summed E-state index contributed by atoms with van der Waals surface area (Å²) in [5.74, 6) is 1.29. The molecule has 1 atom stereocenters. The summed E-state index contributed by atoms with van der Waals surface area (Å²) < 4.78 is 4.85. The van der Waals surface area contributed by atoms with Crippen LogP contribution in [0.15, 0.2) is 53.1 Å². The van der Waals surface area contributed by atoms with Crippen LogP contribution in [0, 0.1) is 0 Å². The highest BCUT2D eigenvalue weighted by atomic mass is 79.9. The molecule has 0 amide bonds. The number of hydrogen-bond acceptors (Lipinski definition) is 1. The molecule has 0 radical (unpaired) electrons. The molecular weight excluding hydrogens is 287 g/mol. The normalized spacial score (nSPS) is 11.4. The molecule has 1 heterocycles. The fourth-order valence-electron chi connectivity index (χ4n) is 1.11. The summed E-state index contributed by atoms with van der Waals surface area (Å²) in [6, 6.07) is 14.0. The van der Waals surface area contributed by atoms with Gasteiger partial charge in [0.25, 0.3) is 0 Å². The van der Waals surface area contributed by atoms with Gasteiger partial charge in [-0.3, -0.25) is 0 Å². The van der Waals surface area contributed by atoms with E-state index < -0.39 is 0 Å². The zero-order valence-corrected chi connectivity index (χ0v) is 11.4. The molecule has 86 valence electrons. The first-order valence-corrected chi connectivity index (χ1v) is 6.46. The van der Waals surface area contributed by atoms with Gasteiger partial charge in [-0.05, 0) is 24.6 Å². The van der Waals surface area contributed by atoms with Gasteiger partial charge in [0.05, 0.1) is 12.1 Å². The Balaban J connectivity index is 0.000000165. The van der Waals surface area contributed by atoms with Gasteiger partial charge in [-0.2, -0.15) is 0 Å². The van der Waals surface area contributed by atoms with Gasteiger partial charge in [0.15, 0.2) is 0 Å². The van der Waals surface area contributed by atoms with E-state index in [4.69, 9.17) is 16.0 Å². The third kappa shape index (κ3) is 4.86. The molecule has 0 saturated carbocycles. The molecule has 0 saturated heterocycles. The van der Waals surface area contributed by atoms with Crippen LogP contribution in [0.5, 0.6) is 0 Å². The number of benzene rings is 1. The first-order valence-electron chi connectivity index (χ1n) is 5.01. The van der Waals surface area contributed by atoms with Crippen LogP contribution in [-0.2, 0) is 5.88 Å². The van der Waals surface area contributed by atoms with Crippen LogP contribution >= 0.6 is 27.5 Å². The number of alkyl halides is 2. The Kier molecular flexibility index (Phi) is 6.27. The quantitative estimate of drug-likeness (QED) is 0.698. The second kappa shape index (κ2) is 7.53. The molecule has 1 nitrogen and oxygen atoms in total. The minimum absolute atomic E-state index is 0.465. The largest absolute Gasteiger partial charge is 0.468 e. The topological polar surface area (TPSA) is 13.1 Å². The summed E-state index contributed by atoms with van der Waals surface area (Å²) in [5.41, 5.74) is 1.33. The van der Waals surface area contributed by atoms with Crippen LogP contribution in [0.4, 0.5) is 0 Å². The zero-order valence-electron chi connectivity index (χ0n) is 9.07. The summed E-state index contributed by atoms with van der Waals surface area (Å²) in [5, 5.41) is 0. The molecule has 0 aliphatic rings. The van der Waals surface area contributed by atoms with Crippen molar-refractivity contribution in [1.82, 2.24) is 0 Å². The van der Waals surface area contributed by atoms with Gasteiger partial charge >= 0.3 is 0 Å². The average Bonchev–Trinajstić information content (AvgIpc) is 2.84. The Morgan fingerprint density at radius 3 is 2.19 bits per heavy atom.